The van der Waals surface area contributed by atoms with Gasteiger partial charge >= 0.3 is 0 Å². The highest BCUT2D eigenvalue weighted by molar-refractivity contribution is 7.92. The molecule has 0 aliphatic heterocycles. The van der Waals surface area contributed by atoms with Gasteiger partial charge in [0.1, 0.15) is 0 Å². The van der Waals surface area contributed by atoms with Crippen LogP contribution in [0.4, 0.5) is 5.69 Å². The van der Waals surface area contributed by atoms with Crippen LogP contribution in [0.5, 0.6) is 0 Å². The summed E-state index contributed by atoms with van der Waals surface area (Å²) in [5.74, 6) is 0.860. The zero-order valence-corrected chi connectivity index (χ0v) is 16.2. The Labute approximate surface area is 158 Å². The first-order valence-corrected chi connectivity index (χ1v) is 10.1. The molecule has 8 heteroatoms. The number of nitrogens with zero attached hydrogens (tertiary/aromatic N) is 2. The van der Waals surface area contributed by atoms with E-state index in [0.717, 1.165) is 5.56 Å². The van der Waals surface area contributed by atoms with Crippen LogP contribution in [-0.4, -0.2) is 31.6 Å². The average molecular weight is 386 g/mol. The zero-order chi connectivity index (χ0) is 19.4. The molecule has 0 spiro atoms. The van der Waals surface area contributed by atoms with Crippen LogP contribution in [0.2, 0.25) is 0 Å². The highest BCUT2D eigenvalue weighted by Gasteiger charge is 2.17. The van der Waals surface area contributed by atoms with Gasteiger partial charge in [0.25, 0.3) is 15.9 Å². The molecule has 0 aliphatic carbocycles. The summed E-state index contributed by atoms with van der Waals surface area (Å²) in [5, 5.41) is 7.07. The number of aryl methyl sites for hydroxylation is 1. The topological polar surface area (TPSA) is 97.1 Å². The van der Waals surface area contributed by atoms with Gasteiger partial charge in [-0.15, -0.1) is 0 Å². The number of hydrogen-bond acceptors (Lipinski definition) is 6. The van der Waals surface area contributed by atoms with Crippen molar-refractivity contribution in [2.24, 2.45) is 0 Å². The molecule has 0 saturated heterocycles. The van der Waals surface area contributed by atoms with E-state index >= 15 is 0 Å². The lowest BCUT2D eigenvalue weighted by molar-refractivity contribution is 0.418. The normalized spacial score (nSPS) is 12.7. The molecule has 1 atom stereocenters. The van der Waals surface area contributed by atoms with Gasteiger partial charge in [0.05, 0.1) is 4.90 Å². The molecule has 142 valence electrons. The molecule has 0 saturated carbocycles. The van der Waals surface area contributed by atoms with Crippen molar-refractivity contribution in [2.45, 2.75) is 31.2 Å². The van der Waals surface area contributed by atoms with Crippen LogP contribution in [0, 0.1) is 6.92 Å². The van der Waals surface area contributed by atoms with E-state index in [1.54, 1.807) is 24.3 Å². The Morgan fingerprint density at radius 2 is 1.89 bits per heavy atom. The van der Waals surface area contributed by atoms with Crippen LogP contribution >= 0.6 is 0 Å². The highest BCUT2D eigenvalue weighted by Crippen LogP contribution is 2.23. The van der Waals surface area contributed by atoms with Gasteiger partial charge in [-0.2, -0.15) is 4.98 Å². The molecule has 7 nitrogen and oxygen atoms in total. The van der Waals surface area contributed by atoms with Crippen LogP contribution < -0.4 is 10.0 Å². The first-order chi connectivity index (χ1) is 12.9. The highest BCUT2D eigenvalue weighted by atomic mass is 32.2. The van der Waals surface area contributed by atoms with Crippen LogP contribution in [0.25, 0.3) is 11.5 Å². The third-order valence-corrected chi connectivity index (χ3v) is 5.52. The minimum atomic E-state index is -3.72. The summed E-state index contributed by atoms with van der Waals surface area (Å²) >= 11 is 0. The molecule has 1 heterocycles. The van der Waals surface area contributed by atoms with E-state index in [9.17, 15) is 8.42 Å². The summed E-state index contributed by atoms with van der Waals surface area (Å²) in [6.07, 6.45) is 0.618. The molecular weight excluding hydrogens is 364 g/mol. The number of rotatable bonds is 7. The summed E-state index contributed by atoms with van der Waals surface area (Å²) in [6, 6.07) is 13.8. The lowest BCUT2D eigenvalue weighted by Gasteiger charge is -2.09. The van der Waals surface area contributed by atoms with Crippen molar-refractivity contribution in [1.29, 1.82) is 0 Å². The monoisotopic (exact) mass is 386 g/mol. The molecule has 0 bridgehead atoms. The summed E-state index contributed by atoms with van der Waals surface area (Å²) in [5.41, 5.74) is 2.12. The second kappa shape index (κ2) is 7.89. The lowest BCUT2D eigenvalue weighted by atomic mass is 10.2. The Kier molecular flexibility index (Phi) is 5.57. The number of benzene rings is 2. The minimum Gasteiger partial charge on any atom is -0.334 e. The largest absolute Gasteiger partial charge is 0.334 e. The molecule has 0 amide bonds. The van der Waals surface area contributed by atoms with Gasteiger partial charge in [-0.25, -0.2) is 8.42 Å². The van der Waals surface area contributed by atoms with Crippen LogP contribution in [0.15, 0.2) is 57.9 Å². The molecule has 27 heavy (non-hydrogen) atoms. The fourth-order valence-electron chi connectivity index (χ4n) is 2.46. The second-order valence-electron chi connectivity index (χ2n) is 6.41. The molecule has 1 aromatic heterocycles. The Bertz CT molecular complexity index is 1010. The number of sulfonamides is 1. The van der Waals surface area contributed by atoms with Gasteiger partial charge in [0.15, 0.2) is 5.82 Å². The van der Waals surface area contributed by atoms with Crippen LogP contribution in [-0.2, 0) is 16.4 Å². The quantitative estimate of drug-likeness (QED) is 0.648. The van der Waals surface area contributed by atoms with Crippen LogP contribution in [0.1, 0.15) is 18.3 Å². The predicted molar refractivity (Wildman–Crippen MR) is 104 cm³/mol. The number of aromatic nitrogens is 2. The molecule has 0 radical (unpaired) electrons. The summed E-state index contributed by atoms with van der Waals surface area (Å²) < 4.78 is 33.2. The Hall–Kier alpha value is -2.71. The van der Waals surface area contributed by atoms with Crippen molar-refractivity contribution in [3.63, 3.8) is 0 Å². The maximum absolute atomic E-state index is 12.7. The Morgan fingerprint density at radius 1 is 1.15 bits per heavy atom. The molecule has 3 rings (SSSR count). The van der Waals surface area contributed by atoms with E-state index in [0.29, 0.717) is 29.4 Å². The van der Waals surface area contributed by atoms with E-state index in [1.165, 1.54) is 12.1 Å². The van der Waals surface area contributed by atoms with Crippen LogP contribution in [0.3, 0.4) is 0 Å². The Balaban J connectivity index is 1.83. The predicted octanol–water partition coefficient (Wildman–Crippen LogP) is 3.00. The number of nitrogens with one attached hydrogen (secondary N) is 2. The van der Waals surface area contributed by atoms with Crippen molar-refractivity contribution < 1.29 is 12.9 Å². The van der Waals surface area contributed by atoms with Gasteiger partial charge in [0.2, 0.25) is 0 Å². The fourth-order valence-corrected chi connectivity index (χ4v) is 3.57. The van der Waals surface area contributed by atoms with Gasteiger partial charge in [-0.3, -0.25) is 4.72 Å². The number of hydrogen-bond donors (Lipinski definition) is 2. The Morgan fingerprint density at radius 3 is 2.59 bits per heavy atom. The van der Waals surface area contributed by atoms with Crippen molar-refractivity contribution >= 4 is 15.7 Å². The second-order valence-corrected chi connectivity index (χ2v) is 8.09. The molecule has 2 N–H and O–H groups in total. The van der Waals surface area contributed by atoms with E-state index in [2.05, 4.69) is 20.2 Å². The van der Waals surface area contributed by atoms with Crippen molar-refractivity contribution in [3.8, 4) is 11.5 Å². The first-order valence-electron chi connectivity index (χ1n) is 8.57. The van der Waals surface area contributed by atoms with Crippen molar-refractivity contribution in [1.82, 2.24) is 15.5 Å². The molecule has 3 aromatic rings. The van der Waals surface area contributed by atoms with Gasteiger partial charge in [-0.1, -0.05) is 28.9 Å². The number of likely N-dealkylation sites (N-methyl/N-ethyl adjacent to an activating group) is 1. The average Bonchev–Trinajstić information content (AvgIpc) is 3.12. The first kappa shape index (κ1) is 19.1. The van der Waals surface area contributed by atoms with E-state index in [4.69, 9.17) is 4.52 Å². The molecule has 2 aromatic carbocycles. The van der Waals surface area contributed by atoms with E-state index < -0.39 is 10.0 Å². The fraction of sp³-hybridized carbons (Fsp3) is 0.263. The summed E-state index contributed by atoms with van der Waals surface area (Å²) in [7, 11) is -1.86. The van der Waals surface area contributed by atoms with Gasteiger partial charge in [0, 0.05) is 23.7 Å². The van der Waals surface area contributed by atoms with Crippen molar-refractivity contribution in [2.75, 3.05) is 11.8 Å². The molecular formula is C19H22N4O3S. The smallest absolute Gasteiger partial charge is 0.261 e. The minimum absolute atomic E-state index is 0.129. The van der Waals surface area contributed by atoms with E-state index in [1.807, 2.05) is 33.0 Å². The molecule has 1 unspecified atom stereocenters. The summed E-state index contributed by atoms with van der Waals surface area (Å²) in [4.78, 5) is 4.48. The zero-order valence-electron chi connectivity index (χ0n) is 15.4. The van der Waals surface area contributed by atoms with Gasteiger partial charge in [-0.05, 0) is 51.2 Å². The van der Waals surface area contributed by atoms with Gasteiger partial charge < -0.3 is 9.84 Å². The standard InChI is InChI=1S/C19H22N4O3S/c1-13-7-9-16(10-8-13)23-27(24,25)17-6-4-5-15(12-17)19-21-18(22-26-19)11-14(2)20-3/h4-10,12,14,20,23H,11H2,1-3H3. The van der Waals surface area contributed by atoms with E-state index in [-0.39, 0.29) is 10.9 Å². The lowest BCUT2D eigenvalue weighted by Crippen LogP contribution is -2.24. The summed E-state index contributed by atoms with van der Waals surface area (Å²) in [6.45, 7) is 3.96. The number of anilines is 1. The maximum Gasteiger partial charge on any atom is 0.261 e. The third-order valence-electron chi connectivity index (χ3n) is 4.14. The SMILES string of the molecule is CNC(C)Cc1noc(-c2cccc(S(=O)(=O)Nc3ccc(C)cc3)c2)n1. The maximum atomic E-state index is 12.7. The molecule has 0 fully saturated rings. The third kappa shape index (κ3) is 4.72. The molecule has 0 aliphatic rings. The van der Waals surface area contributed by atoms with Crippen molar-refractivity contribution in [3.05, 3.63) is 59.9 Å².